The molecular weight excluding hydrogens is 302 g/mol. The number of benzene rings is 1. The largest absolute Gasteiger partial charge is 0.395 e. The summed E-state index contributed by atoms with van der Waals surface area (Å²) >= 11 is 3.00. The molecular formula is C16H19NO2S2. The number of carbonyl (C=O) groups excluding carboxylic acids is 1. The molecule has 2 rings (SSSR count). The van der Waals surface area contributed by atoms with Crippen LogP contribution >= 0.6 is 23.1 Å². The Kier molecular flexibility index (Phi) is 5.85. The fourth-order valence-electron chi connectivity index (χ4n) is 2.13. The van der Waals surface area contributed by atoms with Crippen LogP contribution in [0.25, 0.3) is 11.1 Å². The van der Waals surface area contributed by atoms with Crippen LogP contribution in [0.15, 0.2) is 41.8 Å². The van der Waals surface area contributed by atoms with Gasteiger partial charge in [0.25, 0.3) is 5.91 Å². The minimum absolute atomic E-state index is 0.00841. The van der Waals surface area contributed by atoms with Crippen LogP contribution in [-0.2, 0) is 0 Å². The highest BCUT2D eigenvalue weighted by molar-refractivity contribution is 7.99. The minimum atomic E-state index is -0.0803. The number of amides is 1. The Morgan fingerprint density at radius 2 is 2.05 bits per heavy atom. The third-order valence-electron chi connectivity index (χ3n) is 3.36. The molecule has 3 nitrogen and oxygen atoms in total. The maximum Gasteiger partial charge on any atom is 0.262 e. The van der Waals surface area contributed by atoms with Crippen LogP contribution in [0.1, 0.15) is 16.6 Å². The van der Waals surface area contributed by atoms with E-state index in [0.29, 0.717) is 4.88 Å². The molecule has 0 aliphatic carbocycles. The zero-order valence-corrected chi connectivity index (χ0v) is 13.7. The standard InChI is InChI=1S/C16H19NO2S2/c1-11(14(10-18)20-2)17-16(19)15-13(8-9-21-15)12-6-4-3-5-7-12/h3-9,11,14,18H,10H2,1-2H3,(H,17,19). The Labute approximate surface area is 133 Å². The molecule has 0 spiro atoms. The number of aliphatic hydroxyl groups excluding tert-OH is 1. The predicted octanol–water partition coefficient (Wildman–Crippen LogP) is 3.26. The summed E-state index contributed by atoms with van der Waals surface area (Å²) in [6.45, 7) is 1.98. The molecule has 2 N–H and O–H groups in total. The SMILES string of the molecule is CSC(CO)C(C)NC(=O)c1sccc1-c1ccccc1. The lowest BCUT2D eigenvalue weighted by Gasteiger charge is -2.21. The first-order valence-electron chi connectivity index (χ1n) is 6.74. The minimum Gasteiger partial charge on any atom is -0.395 e. The Morgan fingerprint density at radius 1 is 1.33 bits per heavy atom. The lowest BCUT2D eigenvalue weighted by Crippen LogP contribution is -2.41. The van der Waals surface area contributed by atoms with E-state index in [4.69, 9.17) is 0 Å². The second-order valence-corrected chi connectivity index (χ2v) is 6.74. The molecule has 1 aromatic heterocycles. The van der Waals surface area contributed by atoms with Gasteiger partial charge in [-0.2, -0.15) is 11.8 Å². The monoisotopic (exact) mass is 321 g/mol. The second-order valence-electron chi connectivity index (χ2n) is 4.75. The molecule has 1 amide bonds. The van der Waals surface area contributed by atoms with E-state index in [1.165, 1.54) is 11.3 Å². The third kappa shape index (κ3) is 3.87. The summed E-state index contributed by atoms with van der Waals surface area (Å²) in [6, 6.07) is 11.8. The van der Waals surface area contributed by atoms with Crippen LogP contribution < -0.4 is 5.32 Å². The van der Waals surface area contributed by atoms with Crippen LogP contribution in [-0.4, -0.2) is 35.2 Å². The summed E-state index contributed by atoms with van der Waals surface area (Å²) in [5.74, 6) is -0.0798. The van der Waals surface area contributed by atoms with Gasteiger partial charge in [-0.25, -0.2) is 0 Å². The number of carbonyl (C=O) groups is 1. The lowest BCUT2D eigenvalue weighted by molar-refractivity contribution is 0.0940. The number of hydrogen-bond acceptors (Lipinski definition) is 4. The van der Waals surface area contributed by atoms with Crippen molar-refractivity contribution in [3.05, 3.63) is 46.7 Å². The third-order valence-corrected chi connectivity index (χ3v) is 5.43. The summed E-state index contributed by atoms with van der Waals surface area (Å²) in [7, 11) is 0. The first kappa shape index (κ1) is 16.1. The van der Waals surface area contributed by atoms with E-state index in [1.807, 2.05) is 55.0 Å². The van der Waals surface area contributed by atoms with Gasteiger partial charge in [0.05, 0.1) is 11.5 Å². The highest BCUT2D eigenvalue weighted by atomic mass is 32.2. The van der Waals surface area contributed by atoms with Crippen molar-refractivity contribution in [1.82, 2.24) is 5.32 Å². The first-order valence-corrected chi connectivity index (χ1v) is 8.91. The molecule has 21 heavy (non-hydrogen) atoms. The summed E-state index contributed by atoms with van der Waals surface area (Å²) in [6.07, 6.45) is 1.93. The highest BCUT2D eigenvalue weighted by Gasteiger charge is 2.20. The number of hydrogen-bond donors (Lipinski definition) is 2. The van der Waals surface area contributed by atoms with Crippen molar-refractivity contribution in [2.45, 2.75) is 18.2 Å². The van der Waals surface area contributed by atoms with E-state index < -0.39 is 0 Å². The van der Waals surface area contributed by atoms with Gasteiger partial charge in [0.2, 0.25) is 0 Å². The number of thiophene rings is 1. The van der Waals surface area contributed by atoms with Gasteiger partial charge in [0.1, 0.15) is 0 Å². The van der Waals surface area contributed by atoms with E-state index in [1.54, 1.807) is 11.8 Å². The van der Waals surface area contributed by atoms with Crippen molar-refractivity contribution in [3.63, 3.8) is 0 Å². The number of rotatable bonds is 6. The molecule has 0 saturated carbocycles. The van der Waals surface area contributed by atoms with Crippen LogP contribution in [0.4, 0.5) is 0 Å². The average molecular weight is 321 g/mol. The molecule has 2 atom stereocenters. The Bertz CT molecular complexity index is 579. The summed E-state index contributed by atoms with van der Waals surface area (Å²) < 4.78 is 0. The number of aliphatic hydroxyl groups is 1. The molecule has 0 saturated heterocycles. The highest BCUT2D eigenvalue weighted by Crippen LogP contribution is 2.28. The van der Waals surface area contributed by atoms with Gasteiger partial charge in [-0.05, 0) is 30.2 Å². The van der Waals surface area contributed by atoms with Gasteiger partial charge in [-0.1, -0.05) is 30.3 Å². The quantitative estimate of drug-likeness (QED) is 0.858. The van der Waals surface area contributed by atoms with Crippen molar-refractivity contribution in [3.8, 4) is 11.1 Å². The normalized spacial score (nSPS) is 13.7. The van der Waals surface area contributed by atoms with E-state index >= 15 is 0 Å². The van der Waals surface area contributed by atoms with E-state index in [9.17, 15) is 9.90 Å². The predicted molar refractivity (Wildman–Crippen MR) is 91.1 cm³/mol. The van der Waals surface area contributed by atoms with Crippen LogP contribution in [0, 0.1) is 0 Å². The average Bonchev–Trinajstić information content (AvgIpc) is 2.99. The van der Waals surface area contributed by atoms with Crippen molar-refractivity contribution >= 4 is 29.0 Å². The molecule has 112 valence electrons. The molecule has 5 heteroatoms. The zero-order chi connectivity index (χ0) is 15.2. The van der Waals surface area contributed by atoms with Gasteiger partial charge in [0.15, 0.2) is 0 Å². The van der Waals surface area contributed by atoms with Gasteiger partial charge >= 0.3 is 0 Å². The maximum atomic E-state index is 12.5. The van der Waals surface area contributed by atoms with Crippen molar-refractivity contribution < 1.29 is 9.90 Å². The van der Waals surface area contributed by atoms with Crippen molar-refractivity contribution in [2.75, 3.05) is 12.9 Å². The van der Waals surface area contributed by atoms with Gasteiger partial charge in [-0.3, -0.25) is 4.79 Å². The topological polar surface area (TPSA) is 49.3 Å². The first-order chi connectivity index (χ1) is 10.2. The summed E-state index contributed by atoms with van der Waals surface area (Å²) in [5, 5.41) is 14.2. The van der Waals surface area contributed by atoms with E-state index in [-0.39, 0.29) is 23.8 Å². The Balaban J connectivity index is 2.16. The maximum absolute atomic E-state index is 12.5. The molecule has 0 aliphatic rings. The Morgan fingerprint density at radius 3 is 2.67 bits per heavy atom. The molecule has 1 aromatic carbocycles. The van der Waals surface area contributed by atoms with E-state index in [0.717, 1.165) is 11.1 Å². The lowest BCUT2D eigenvalue weighted by atomic mass is 10.1. The van der Waals surface area contributed by atoms with Gasteiger partial charge < -0.3 is 10.4 Å². The molecule has 2 aromatic rings. The second kappa shape index (κ2) is 7.64. The molecule has 0 fully saturated rings. The smallest absolute Gasteiger partial charge is 0.262 e. The van der Waals surface area contributed by atoms with Crippen LogP contribution in [0.3, 0.4) is 0 Å². The molecule has 0 aliphatic heterocycles. The Hall–Kier alpha value is -1.30. The van der Waals surface area contributed by atoms with Crippen LogP contribution in [0.5, 0.6) is 0 Å². The van der Waals surface area contributed by atoms with Crippen LogP contribution in [0.2, 0.25) is 0 Å². The van der Waals surface area contributed by atoms with Crippen molar-refractivity contribution in [2.24, 2.45) is 0 Å². The molecule has 1 heterocycles. The van der Waals surface area contributed by atoms with Gasteiger partial charge in [0, 0.05) is 16.9 Å². The molecule has 2 unspecified atom stereocenters. The summed E-state index contributed by atoms with van der Waals surface area (Å²) in [5.41, 5.74) is 2.00. The van der Waals surface area contributed by atoms with Gasteiger partial charge in [-0.15, -0.1) is 11.3 Å². The fourth-order valence-corrected chi connectivity index (χ4v) is 3.58. The molecule has 0 bridgehead atoms. The fraction of sp³-hybridized carbons (Fsp3) is 0.312. The number of thioether (sulfide) groups is 1. The zero-order valence-electron chi connectivity index (χ0n) is 12.1. The summed E-state index contributed by atoms with van der Waals surface area (Å²) in [4.78, 5) is 13.2. The van der Waals surface area contributed by atoms with Crippen molar-refractivity contribution in [1.29, 1.82) is 0 Å². The molecule has 0 radical (unpaired) electrons. The number of nitrogens with one attached hydrogen (secondary N) is 1. The van der Waals surface area contributed by atoms with E-state index in [2.05, 4.69) is 5.32 Å².